The van der Waals surface area contributed by atoms with Crippen molar-refractivity contribution in [3.8, 4) is 11.4 Å². The van der Waals surface area contributed by atoms with Crippen molar-refractivity contribution in [1.82, 2.24) is 39.3 Å². The van der Waals surface area contributed by atoms with Crippen LogP contribution < -0.4 is 10.9 Å². The molecule has 0 amide bonds. The maximum Gasteiger partial charge on any atom is 0.295 e. The second kappa shape index (κ2) is 7.95. The van der Waals surface area contributed by atoms with Crippen molar-refractivity contribution in [2.45, 2.75) is 24.0 Å². The number of benzene rings is 1. The SMILES string of the molecule is CC(C)S(=O)(=O)c1cccc2c1nc(Nc1cnccnc1=O)n1nc(-c3cnn(C)c3)nc21. The number of anilines is 2. The van der Waals surface area contributed by atoms with Crippen molar-refractivity contribution >= 4 is 38.0 Å². The van der Waals surface area contributed by atoms with E-state index in [0.717, 1.165) is 0 Å². The summed E-state index contributed by atoms with van der Waals surface area (Å²) < 4.78 is 29.2. The summed E-state index contributed by atoms with van der Waals surface area (Å²) in [4.78, 5) is 29.4. The number of nitrogens with zero attached hydrogens (tertiary/aromatic N) is 8. The van der Waals surface area contributed by atoms with Gasteiger partial charge < -0.3 is 5.32 Å². The van der Waals surface area contributed by atoms with Crippen molar-refractivity contribution in [3.05, 3.63) is 59.5 Å². The fraction of sp³-hybridized carbons (Fsp3) is 0.190. The molecule has 0 saturated carbocycles. The molecule has 1 aromatic carbocycles. The Morgan fingerprint density at radius 1 is 1.09 bits per heavy atom. The number of sulfone groups is 1. The van der Waals surface area contributed by atoms with Gasteiger partial charge in [0, 0.05) is 31.0 Å². The minimum Gasteiger partial charge on any atom is -0.318 e. The maximum absolute atomic E-state index is 13.1. The molecule has 0 aliphatic heterocycles. The second-order valence-electron chi connectivity index (χ2n) is 7.80. The topological polar surface area (TPSA) is 150 Å². The lowest BCUT2D eigenvalue weighted by atomic mass is 10.2. The van der Waals surface area contributed by atoms with Crippen LogP contribution in [-0.2, 0) is 16.9 Å². The van der Waals surface area contributed by atoms with Gasteiger partial charge in [-0.25, -0.2) is 23.4 Å². The molecule has 0 saturated heterocycles. The molecule has 0 bridgehead atoms. The molecular formula is C21H19N9O3S. The molecule has 0 aliphatic rings. The highest BCUT2D eigenvalue weighted by molar-refractivity contribution is 7.92. The van der Waals surface area contributed by atoms with Crippen molar-refractivity contribution in [1.29, 1.82) is 0 Å². The lowest BCUT2D eigenvalue weighted by Gasteiger charge is -2.12. The quantitative estimate of drug-likeness (QED) is 0.396. The molecule has 5 aromatic rings. The zero-order chi connectivity index (χ0) is 24.0. The van der Waals surface area contributed by atoms with Gasteiger partial charge in [0.15, 0.2) is 21.3 Å². The lowest BCUT2D eigenvalue weighted by molar-refractivity contribution is 0.588. The van der Waals surface area contributed by atoms with Crippen molar-refractivity contribution < 1.29 is 8.42 Å². The van der Waals surface area contributed by atoms with Gasteiger partial charge in [-0.05, 0) is 26.0 Å². The summed E-state index contributed by atoms with van der Waals surface area (Å²) in [5.74, 6) is 0.447. The number of hydrogen-bond acceptors (Lipinski definition) is 10. The molecule has 0 radical (unpaired) electrons. The molecule has 4 aromatic heterocycles. The zero-order valence-electron chi connectivity index (χ0n) is 18.4. The number of aryl methyl sites for hydroxylation is 1. The molecule has 0 aliphatic carbocycles. The molecule has 34 heavy (non-hydrogen) atoms. The Kier molecular flexibility index (Phi) is 5.05. The number of para-hydroxylation sites is 1. The van der Waals surface area contributed by atoms with Crippen LogP contribution in [0.15, 0.2) is 58.9 Å². The first kappa shape index (κ1) is 21.6. The van der Waals surface area contributed by atoms with Crippen LogP contribution >= 0.6 is 0 Å². The molecule has 1 N–H and O–H groups in total. The summed E-state index contributed by atoms with van der Waals surface area (Å²) in [6.07, 6.45) is 7.34. The van der Waals surface area contributed by atoms with Crippen LogP contribution in [0, 0.1) is 0 Å². The van der Waals surface area contributed by atoms with E-state index in [9.17, 15) is 13.2 Å². The summed E-state index contributed by atoms with van der Waals surface area (Å²) in [6, 6.07) is 4.88. The number of hydrogen-bond donors (Lipinski definition) is 1. The molecule has 0 atom stereocenters. The summed E-state index contributed by atoms with van der Waals surface area (Å²) in [7, 11) is -1.89. The highest BCUT2D eigenvalue weighted by Crippen LogP contribution is 2.30. The van der Waals surface area contributed by atoms with E-state index in [1.807, 2.05) is 0 Å². The van der Waals surface area contributed by atoms with E-state index in [0.29, 0.717) is 22.4 Å². The van der Waals surface area contributed by atoms with Gasteiger partial charge in [0.05, 0.1) is 33.6 Å². The molecule has 172 valence electrons. The van der Waals surface area contributed by atoms with E-state index in [2.05, 4.69) is 35.5 Å². The van der Waals surface area contributed by atoms with Crippen LogP contribution in [0.5, 0.6) is 0 Å². The van der Waals surface area contributed by atoms with E-state index in [-0.39, 0.29) is 22.0 Å². The van der Waals surface area contributed by atoms with Crippen LogP contribution in [-0.4, -0.2) is 53.0 Å². The summed E-state index contributed by atoms with van der Waals surface area (Å²) in [6.45, 7) is 3.21. The van der Waals surface area contributed by atoms with Crippen LogP contribution in [0.2, 0.25) is 0 Å². The minimum absolute atomic E-state index is 0.0424. The normalized spacial score (nSPS) is 12.0. The molecule has 4 heterocycles. The predicted molar refractivity (Wildman–Crippen MR) is 124 cm³/mol. The first-order valence-corrected chi connectivity index (χ1v) is 11.8. The summed E-state index contributed by atoms with van der Waals surface area (Å²) in [5, 5.41) is 11.4. The Morgan fingerprint density at radius 3 is 2.65 bits per heavy atom. The molecule has 0 fully saturated rings. The number of aromatic nitrogens is 8. The molecule has 5 rings (SSSR count). The predicted octanol–water partition coefficient (Wildman–Crippen LogP) is 1.75. The Bertz CT molecular complexity index is 1730. The Hall–Kier alpha value is -4.26. The van der Waals surface area contributed by atoms with E-state index in [1.54, 1.807) is 50.1 Å². The van der Waals surface area contributed by atoms with E-state index in [1.165, 1.54) is 29.2 Å². The largest absolute Gasteiger partial charge is 0.318 e. The number of rotatable bonds is 5. The molecular weight excluding hydrogens is 458 g/mol. The number of fused-ring (bicyclic) bond motifs is 3. The highest BCUT2D eigenvalue weighted by Gasteiger charge is 2.25. The van der Waals surface area contributed by atoms with Crippen LogP contribution in [0.25, 0.3) is 27.9 Å². The lowest BCUT2D eigenvalue weighted by Crippen LogP contribution is -2.16. The van der Waals surface area contributed by atoms with Gasteiger partial charge in [-0.1, -0.05) is 6.07 Å². The Balaban J connectivity index is 1.85. The first-order valence-electron chi connectivity index (χ1n) is 10.3. The van der Waals surface area contributed by atoms with Gasteiger partial charge in [-0.3, -0.25) is 14.5 Å². The molecule has 0 spiro atoms. The van der Waals surface area contributed by atoms with Crippen LogP contribution in [0.3, 0.4) is 0 Å². The standard InChI is InChI=1S/C21H19N9O3S/c1-12(2)34(32,33)16-6-4-5-14-17(16)26-21(25-15-10-22-7-8-23-20(15)31)30-19(14)27-18(28-30)13-9-24-29(3)11-13/h4-12H,1-3H3,(H,23,25,26,31). The average molecular weight is 478 g/mol. The Morgan fingerprint density at radius 2 is 1.91 bits per heavy atom. The number of nitrogens with one attached hydrogen (secondary N) is 1. The highest BCUT2D eigenvalue weighted by atomic mass is 32.2. The van der Waals surface area contributed by atoms with Gasteiger partial charge in [0.25, 0.3) is 5.56 Å². The Labute approximate surface area is 193 Å². The average Bonchev–Trinajstić information content (AvgIpc) is 3.39. The third-order valence-electron chi connectivity index (χ3n) is 5.18. The fourth-order valence-electron chi connectivity index (χ4n) is 3.42. The van der Waals surface area contributed by atoms with Crippen LogP contribution in [0.4, 0.5) is 11.6 Å². The van der Waals surface area contributed by atoms with Gasteiger partial charge in [0.2, 0.25) is 5.95 Å². The molecule has 12 nitrogen and oxygen atoms in total. The van der Waals surface area contributed by atoms with Gasteiger partial charge in [-0.15, -0.1) is 5.10 Å². The van der Waals surface area contributed by atoms with Crippen molar-refractivity contribution in [2.75, 3.05) is 5.32 Å². The van der Waals surface area contributed by atoms with E-state index >= 15 is 0 Å². The smallest absolute Gasteiger partial charge is 0.295 e. The monoisotopic (exact) mass is 477 g/mol. The summed E-state index contributed by atoms with van der Waals surface area (Å²) >= 11 is 0. The van der Waals surface area contributed by atoms with E-state index in [4.69, 9.17) is 0 Å². The van der Waals surface area contributed by atoms with E-state index < -0.39 is 20.6 Å². The molecule has 13 heteroatoms. The van der Waals surface area contributed by atoms with Gasteiger partial charge >= 0.3 is 0 Å². The van der Waals surface area contributed by atoms with Gasteiger partial charge in [-0.2, -0.15) is 9.61 Å². The fourth-order valence-corrected chi connectivity index (χ4v) is 4.62. The van der Waals surface area contributed by atoms with Crippen molar-refractivity contribution in [3.63, 3.8) is 0 Å². The first-order chi connectivity index (χ1) is 16.3. The third-order valence-corrected chi connectivity index (χ3v) is 7.36. The molecule has 0 unspecified atom stereocenters. The zero-order valence-corrected chi connectivity index (χ0v) is 19.2. The third kappa shape index (κ3) is 3.55. The maximum atomic E-state index is 13.1. The minimum atomic E-state index is -3.67. The van der Waals surface area contributed by atoms with Crippen LogP contribution in [0.1, 0.15) is 13.8 Å². The second-order valence-corrected chi connectivity index (χ2v) is 10.3. The van der Waals surface area contributed by atoms with Gasteiger partial charge in [0.1, 0.15) is 5.69 Å². The van der Waals surface area contributed by atoms with Crippen molar-refractivity contribution in [2.24, 2.45) is 7.05 Å². The summed E-state index contributed by atoms with van der Waals surface area (Å²) in [5.41, 5.74) is 0.713.